The van der Waals surface area contributed by atoms with Gasteiger partial charge in [-0.05, 0) is 0 Å². The zero-order chi connectivity index (χ0) is 10.7. The Morgan fingerprint density at radius 2 is 2.21 bits per heavy atom. The van der Waals surface area contributed by atoms with Gasteiger partial charge in [0.25, 0.3) is 0 Å². The van der Waals surface area contributed by atoms with Crippen molar-refractivity contribution < 1.29 is 28.6 Å². The van der Waals surface area contributed by atoms with Crippen LogP contribution in [0.1, 0.15) is 0 Å². The average Bonchev–Trinajstić information content (AvgIpc) is 2.41. The number of hydrogen-bond donors (Lipinski definition) is 2. The van der Waals surface area contributed by atoms with E-state index in [0.29, 0.717) is 0 Å². The lowest BCUT2D eigenvalue weighted by Gasteiger charge is -2.15. The number of hydrogen-bond acceptors (Lipinski definition) is 5. The van der Waals surface area contributed by atoms with Crippen molar-refractivity contribution in [1.82, 2.24) is 0 Å². The minimum atomic E-state index is -2.77. The Labute approximate surface area is 83.5 Å². The molecule has 78 valence electrons. The van der Waals surface area contributed by atoms with Gasteiger partial charge < -0.3 is 14.6 Å². The SMILES string of the molecule is [B][C@@H]1O[C@H](CO)C(O[P+](=O)O)C1OC. The maximum absolute atomic E-state index is 10.5. The number of ether oxygens (including phenoxy) is 2. The number of methoxy groups -OCH3 is 1. The van der Waals surface area contributed by atoms with Gasteiger partial charge in [-0.25, -0.2) is 0 Å². The lowest BCUT2D eigenvalue weighted by molar-refractivity contribution is -0.00212. The molecule has 3 unspecified atom stereocenters. The van der Waals surface area contributed by atoms with Crippen molar-refractivity contribution in [2.45, 2.75) is 24.3 Å². The molecule has 1 heterocycles. The molecule has 2 N–H and O–H groups in total. The quantitative estimate of drug-likeness (QED) is 0.464. The van der Waals surface area contributed by atoms with Crippen LogP contribution in [-0.4, -0.2) is 55.9 Å². The molecule has 1 rings (SSSR count). The Bertz CT molecular complexity index is 214. The van der Waals surface area contributed by atoms with Gasteiger partial charge in [0.1, 0.15) is 20.1 Å². The highest BCUT2D eigenvalue weighted by molar-refractivity contribution is 7.32. The molecule has 0 saturated carbocycles. The summed E-state index contributed by atoms with van der Waals surface area (Å²) in [6.07, 6.45) is -2.21. The van der Waals surface area contributed by atoms with Gasteiger partial charge in [-0.1, -0.05) is 0 Å². The highest BCUT2D eigenvalue weighted by Crippen LogP contribution is 2.31. The van der Waals surface area contributed by atoms with E-state index in [2.05, 4.69) is 4.52 Å². The van der Waals surface area contributed by atoms with E-state index >= 15 is 0 Å². The number of aliphatic hydroxyl groups is 1. The molecule has 0 aliphatic carbocycles. The molecular weight excluding hydrogens is 210 g/mol. The van der Waals surface area contributed by atoms with Gasteiger partial charge in [0.05, 0.1) is 6.61 Å². The van der Waals surface area contributed by atoms with Crippen LogP contribution in [0.15, 0.2) is 0 Å². The van der Waals surface area contributed by atoms with Crippen molar-refractivity contribution in [3.05, 3.63) is 0 Å². The first-order chi connectivity index (χ1) is 6.60. The standard InChI is InChI=1S/C6H10BO6P/c1-11-5-4(13-14(9)10)3(2-8)12-6(5)7/h3-6,8H,2H2,1H3/p+1/t3-,4?,5?,6-/m1/s1. The molecule has 1 fully saturated rings. The summed E-state index contributed by atoms with van der Waals surface area (Å²) < 4.78 is 25.1. The van der Waals surface area contributed by atoms with Crippen LogP contribution in [0.3, 0.4) is 0 Å². The van der Waals surface area contributed by atoms with Crippen LogP contribution in [0.4, 0.5) is 0 Å². The summed E-state index contributed by atoms with van der Waals surface area (Å²) in [7, 11) is 4.12. The van der Waals surface area contributed by atoms with E-state index in [-0.39, 0.29) is 6.61 Å². The lowest BCUT2D eigenvalue weighted by atomic mass is 9.93. The molecule has 5 atom stereocenters. The molecule has 0 amide bonds. The molecule has 2 radical (unpaired) electrons. The fraction of sp³-hybridized carbons (Fsp3) is 1.00. The molecule has 0 aromatic rings. The van der Waals surface area contributed by atoms with Gasteiger partial charge in [0.15, 0.2) is 6.10 Å². The Kier molecular flexibility index (Phi) is 4.44. The van der Waals surface area contributed by atoms with Gasteiger partial charge >= 0.3 is 8.25 Å². The lowest BCUT2D eigenvalue weighted by Crippen LogP contribution is -2.36. The van der Waals surface area contributed by atoms with Crippen molar-refractivity contribution in [3.8, 4) is 0 Å². The summed E-state index contributed by atoms with van der Waals surface area (Å²) in [4.78, 5) is 8.58. The van der Waals surface area contributed by atoms with Crippen LogP contribution in [0.25, 0.3) is 0 Å². The van der Waals surface area contributed by atoms with Crippen molar-refractivity contribution in [2.24, 2.45) is 0 Å². The van der Waals surface area contributed by atoms with E-state index in [1.807, 2.05) is 0 Å². The normalized spacial score (nSPS) is 38.6. The molecule has 1 saturated heterocycles. The van der Waals surface area contributed by atoms with Gasteiger partial charge in [-0.2, -0.15) is 0 Å². The highest BCUT2D eigenvalue weighted by atomic mass is 31.1. The number of aliphatic hydroxyl groups excluding tert-OH is 1. The van der Waals surface area contributed by atoms with Crippen LogP contribution in [0.5, 0.6) is 0 Å². The summed E-state index contributed by atoms with van der Waals surface area (Å²) in [5.41, 5.74) is 0. The predicted molar refractivity (Wildman–Crippen MR) is 47.0 cm³/mol. The second kappa shape index (κ2) is 5.16. The molecule has 1 aliphatic heterocycles. The third-order valence-corrected chi connectivity index (χ3v) is 2.43. The summed E-state index contributed by atoms with van der Waals surface area (Å²) in [6.45, 7) is -0.346. The molecule has 0 bridgehead atoms. The molecule has 8 heteroatoms. The largest absolute Gasteiger partial charge is 0.695 e. The monoisotopic (exact) mass is 221 g/mol. The summed E-state index contributed by atoms with van der Waals surface area (Å²) in [5.74, 6) is 0. The Morgan fingerprint density at radius 3 is 2.64 bits per heavy atom. The Morgan fingerprint density at radius 1 is 1.57 bits per heavy atom. The van der Waals surface area contributed by atoms with E-state index in [4.69, 9.17) is 27.3 Å². The van der Waals surface area contributed by atoms with E-state index in [1.165, 1.54) is 7.11 Å². The van der Waals surface area contributed by atoms with E-state index in [1.54, 1.807) is 0 Å². The zero-order valence-electron chi connectivity index (χ0n) is 7.57. The predicted octanol–water partition coefficient (Wildman–Crippen LogP) is -1.08. The average molecular weight is 221 g/mol. The molecule has 0 aromatic carbocycles. The molecule has 14 heavy (non-hydrogen) atoms. The van der Waals surface area contributed by atoms with Crippen LogP contribution in [-0.2, 0) is 18.6 Å². The maximum Gasteiger partial charge on any atom is 0.695 e. The van der Waals surface area contributed by atoms with Crippen LogP contribution in [0.2, 0.25) is 0 Å². The smallest absolute Gasteiger partial charge is 0.394 e. The van der Waals surface area contributed by atoms with Crippen molar-refractivity contribution in [1.29, 1.82) is 0 Å². The van der Waals surface area contributed by atoms with Gasteiger partial charge in [0, 0.05) is 17.7 Å². The fourth-order valence-electron chi connectivity index (χ4n) is 1.40. The highest BCUT2D eigenvalue weighted by Gasteiger charge is 2.47. The zero-order valence-corrected chi connectivity index (χ0v) is 8.46. The van der Waals surface area contributed by atoms with Gasteiger partial charge in [-0.3, -0.25) is 0 Å². The number of rotatable bonds is 4. The molecular formula is C6H11BO6P+. The second-order valence-electron chi connectivity index (χ2n) is 2.83. The first-order valence-corrected chi connectivity index (χ1v) is 5.10. The Balaban J connectivity index is 2.68. The molecule has 0 spiro atoms. The topological polar surface area (TPSA) is 85.2 Å². The van der Waals surface area contributed by atoms with Gasteiger partial charge in [0.2, 0.25) is 0 Å². The van der Waals surface area contributed by atoms with Crippen LogP contribution >= 0.6 is 8.25 Å². The van der Waals surface area contributed by atoms with E-state index in [0.717, 1.165) is 0 Å². The first-order valence-electron chi connectivity index (χ1n) is 3.97. The Hall–Kier alpha value is -0.0351. The molecule has 6 nitrogen and oxygen atoms in total. The molecule has 0 aromatic heterocycles. The maximum atomic E-state index is 10.5. The first kappa shape index (κ1) is 12.0. The summed E-state index contributed by atoms with van der Waals surface area (Å²) in [6, 6.07) is -0.767. The van der Waals surface area contributed by atoms with E-state index < -0.39 is 32.6 Å². The summed E-state index contributed by atoms with van der Waals surface area (Å²) >= 11 is 0. The third-order valence-electron chi connectivity index (χ3n) is 2.01. The minimum Gasteiger partial charge on any atom is -0.394 e. The third kappa shape index (κ3) is 2.50. The van der Waals surface area contributed by atoms with Gasteiger partial charge in [-0.15, -0.1) is 9.42 Å². The molecule has 1 aliphatic rings. The summed E-state index contributed by atoms with van der Waals surface area (Å²) in [5, 5.41) is 8.89. The minimum absolute atomic E-state index is 0.346. The van der Waals surface area contributed by atoms with Crippen LogP contribution < -0.4 is 0 Å². The van der Waals surface area contributed by atoms with Crippen molar-refractivity contribution >= 4 is 16.1 Å². The van der Waals surface area contributed by atoms with E-state index in [9.17, 15) is 4.57 Å². The van der Waals surface area contributed by atoms with Crippen molar-refractivity contribution in [2.75, 3.05) is 13.7 Å². The second-order valence-corrected chi connectivity index (χ2v) is 3.52. The van der Waals surface area contributed by atoms with Crippen molar-refractivity contribution in [3.63, 3.8) is 0 Å². The fourth-order valence-corrected chi connectivity index (χ4v) is 1.87. The van der Waals surface area contributed by atoms with Crippen LogP contribution in [0, 0.1) is 0 Å².